The Morgan fingerprint density at radius 1 is 1.07 bits per heavy atom. The first-order valence-electron chi connectivity index (χ1n) is 15.0. The average Bonchev–Trinajstić information content (AvgIpc) is 3.83. The predicted octanol–water partition coefficient (Wildman–Crippen LogP) is 3.80. The van der Waals surface area contributed by atoms with Crippen molar-refractivity contribution in [3.05, 3.63) is 65.5 Å². The summed E-state index contributed by atoms with van der Waals surface area (Å²) in [7, 11) is 0. The van der Waals surface area contributed by atoms with Gasteiger partial charge in [0.2, 0.25) is 18.0 Å². The van der Waals surface area contributed by atoms with Gasteiger partial charge in [-0.25, -0.2) is 9.38 Å². The standard InChI is InChI=1S/C32H37F4N5O5/c1-17(2)24(37)31(45)46-16-41-26-21(9-6-10-23(26)33)25(19-7-4-3-5-8-19)39-28(30(41)44)40-29(43)20(13-14-32(34,35)36)22(27(38)42)15-18-11-12-18/h3-10,17-18,20,22,24,28H,11-16,37H2,1-2H3,(H2,38,42)(H,40,43)/t20-,22+,24+,28-/m1/s1. The van der Waals surface area contributed by atoms with Crippen LogP contribution in [0.4, 0.5) is 23.2 Å². The lowest BCUT2D eigenvalue weighted by atomic mass is 9.83. The van der Waals surface area contributed by atoms with Crippen LogP contribution in [-0.4, -0.2) is 54.5 Å². The number of rotatable bonds is 13. The number of nitrogens with one attached hydrogen (secondary N) is 1. The van der Waals surface area contributed by atoms with E-state index in [4.69, 9.17) is 16.2 Å². The highest BCUT2D eigenvalue weighted by atomic mass is 19.4. The van der Waals surface area contributed by atoms with Crippen molar-refractivity contribution < 1.29 is 41.5 Å². The molecule has 46 heavy (non-hydrogen) atoms. The molecule has 1 saturated carbocycles. The van der Waals surface area contributed by atoms with Gasteiger partial charge in [0.05, 0.1) is 11.4 Å². The number of anilines is 1. The number of ether oxygens (including phenoxy) is 1. The van der Waals surface area contributed by atoms with E-state index in [9.17, 15) is 32.3 Å². The van der Waals surface area contributed by atoms with Crippen LogP contribution in [-0.2, 0) is 23.9 Å². The van der Waals surface area contributed by atoms with Gasteiger partial charge in [0.25, 0.3) is 5.91 Å². The fourth-order valence-electron chi connectivity index (χ4n) is 5.30. The molecule has 3 amide bonds. The first-order chi connectivity index (χ1) is 21.7. The third-order valence-electron chi connectivity index (χ3n) is 8.13. The number of halogens is 4. The lowest BCUT2D eigenvalue weighted by molar-refractivity contribution is -0.148. The molecule has 0 radical (unpaired) electrons. The first-order valence-corrected chi connectivity index (χ1v) is 15.0. The molecule has 2 aromatic rings. The maximum Gasteiger partial charge on any atom is 0.389 e. The summed E-state index contributed by atoms with van der Waals surface area (Å²) >= 11 is 0. The van der Waals surface area contributed by atoms with Crippen LogP contribution >= 0.6 is 0 Å². The van der Waals surface area contributed by atoms with Crippen molar-refractivity contribution in [1.82, 2.24) is 5.32 Å². The van der Waals surface area contributed by atoms with E-state index in [1.807, 2.05) is 0 Å². The van der Waals surface area contributed by atoms with E-state index in [2.05, 4.69) is 10.3 Å². The Kier molecular flexibility index (Phi) is 10.8. The smallest absolute Gasteiger partial charge is 0.389 e. The summed E-state index contributed by atoms with van der Waals surface area (Å²) in [6.45, 7) is 2.56. The lowest BCUT2D eigenvalue weighted by Crippen LogP contribution is -2.52. The van der Waals surface area contributed by atoms with E-state index in [1.54, 1.807) is 44.2 Å². The number of fused-ring (bicyclic) bond motifs is 1. The average molecular weight is 648 g/mol. The van der Waals surface area contributed by atoms with Gasteiger partial charge in [-0.1, -0.05) is 69.2 Å². The van der Waals surface area contributed by atoms with Gasteiger partial charge in [0.1, 0.15) is 11.9 Å². The van der Waals surface area contributed by atoms with Crippen LogP contribution in [0, 0.1) is 29.5 Å². The number of carbonyl (C=O) groups excluding carboxylic acids is 4. The molecule has 14 heteroatoms. The molecule has 2 aliphatic rings. The van der Waals surface area contributed by atoms with Crippen LogP contribution in [0.15, 0.2) is 53.5 Å². The zero-order chi connectivity index (χ0) is 33.8. The van der Waals surface area contributed by atoms with Crippen LogP contribution in [0.1, 0.15) is 57.1 Å². The van der Waals surface area contributed by atoms with E-state index < -0.39 is 79.3 Å². The number of alkyl halides is 3. The molecular weight excluding hydrogens is 610 g/mol. The van der Waals surface area contributed by atoms with E-state index in [0.717, 1.165) is 23.8 Å². The second-order valence-corrected chi connectivity index (χ2v) is 12.0. The molecule has 1 aliphatic heterocycles. The minimum absolute atomic E-state index is 0.0424. The van der Waals surface area contributed by atoms with E-state index in [1.165, 1.54) is 12.1 Å². The number of para-hydroxylation sites is 1. The van der Waals surface area contributed by atoms with Gasteiger partial charge in [0, 0.05) is 29.4 Å². The van der Waals surface area contributed by atoms with Crippen molar-refractivity contribution in [2.45, 2.75) is 64.3 Å². The van der Waals surface area contributed by atoms with E-state index in [0.29, 0.717) is 5.56 Å². The summed E-state index contributed by atoms with van der Waals surface area (Å²) in [6.07, 6.45) is -6.94. The van der Waals surface area contributed by atoms with Gasteiger partial charge in [-0.15, -0.1) is 0 Å². The molecule has 0 unspecified atom stereocenters. The Balaban J connectivity index is 1.76. The number of aliphatic imine (C=N–C) groups is 1. The Bertz CT molecular complexity index is 1480. The molecule has 4 atom stereocenters. The van der Waals surface area contributed by atoms with Crippen molar-refractivity contribution >= 4 is 35.1 Å². The number of nitrogens with two attached hydrogens (primary N) is 2. The molecule has 248 valence electrons. The molecule has 10 nitrogen and oxygen atoms in total. The lowest BCUT2D eigenvalue weighted by Gasteiger charge is -2.28. The molecule has 1 heterocycles. The normalized spacial score (nSPS) is 18.6. The molecule has 5 N–H and O–H groups in total. The number of benzene rings is 2. The van der Waals surface area contributed by atoms with Gasteiger partial charge in [-0.3, -0.25) is 24.1 Å². The van der Waals surface area contributed by atoms with Crippen molar-refractivity contribution in [2.24, 2.45) is 40.1 Å². The van der Waals surface area contributed by atoms with Gasteiger partial charge < -0.3 is 21.5 Å². The Morgan fingerprint density at radius 2 is 1.74 bits per heavy atom. The summed E-state index contributed by atoms with van der Waals surface area (Å²) in [4.78, 5) is 58.1. The number of esters is 1. The summed E-state index contributed by atoms with van der Waals surface area (Å²) in [5, 5.41) is 2.41. The van der Waals surface area contributed by atoms with Crippen molar-refractivity contribution in [3.8, 4) is 0 Å². The highest BCUT2D eigenvalue weighted by Gasteiger charge is 2.42. The van der Waals surface area contributed by atoms with Crippen molar-refractivity contribution in [3.63, 3.8) is 0 Å². The molecule has 0 saturated heterocycles. The van der Waals surface area contributed by atoms with E-state index >= 15 is 4.39 Å². The van der Waals surface area contributed by atoms with Crippen LogP contribution in [0.2, 0.25) is 0 Å². The monoisotopic (exact) mass is 647 g/mol. The summed E-state index contributed by atoms with van der Waals surface area (Å²) < 4.78 is 60.8. The molecule has 1 aliphatic carbocycles. The fourth-order valence-corrected chi connectivity index (χ4v) is 5.30. The topological polar surface area (TPSA) is 157 Å². The minimum atomic E-state index is -4.63. The summed E-state index contributed by atoms with van der Waals surface area (Å²) in [6, 6.07) is 11.2. The number of carbonyl (C=O) groups is 4. The quantitative estimate of drug-likeness (QED) is 0.222. The zero-order valence-corrected chi connectivity index (χ0v) is 25.4. The second-order valence-electron chi connectivity index (χ2n) is 12.0. The molecule has 1 fully saturated rings. The third-order valence-corrected chi connectivity index (χ3v) is 8.13. The number of amides is 3. The molecule has 0 aromatic heterocycles. The Labute approximate surface area is 263 Å². The van der Waals surface area contributed by atoms with Gasteiger partial charge in [-0.05, 0) is 30.7 Å². The fraction of sp³-hybridized carbons (Fsp3) is 0.469. The first kappa shape index (κ1) is 34.5. The Morgan fingerprint density at radius 3 is 2.33 bits per heavy atom. The molecule has 0 bridgehead atoms. The number of hydrogen-bond acceptors (Lipinski definition) is 7. The van der Waals surface area contributed by atoms with Crippen LogP contribution < -0.4 is 21.7 Å². The number of primary amides is 1. The Hall–Kier alpha value is -4.33. The summed E-state index contributed by atoms with van der Waals surface area (Å²) in [5.74, 6) is -7.78. The van der Waals surface area contributed by atoms with E-state index in [-0.39, 0.29) is 35.2 Å². The molecule has 2 aromatic carbocycles. The van der Waals surface area contributed by atoms with Gasteiger partial charge in [-0.2, -0.15) is 13.2 Å². The van der Waals surface area contributed by atoms with Crippen LogP contribution in [0.25, 0.3) is 0 Å². The van der Waals surface area contributed by atoms with Crippen LogP contribution in [0.3, 0.4) is 0 Å². The minimum Gasteiger partial charge on any atom is -0.443 e. The number of nitrogens with zero attached hydrogens (tertiary/aromatic N) is 2. The third kappa shape index (κ3) is 8.47. The van der Waals surface area contributed by atoms with Crippen molar-refractivity contribution in [1.29, 1.82) is 0 Å². The maximum atomic E-state index is 15.6. The van der Waals surface area contributed by atoms with Crippen LogP contribution in [0.5, 0.6) is 0 Å². The van der Waals surface area contributed by atoms with Gasteiger partial charge >= 0.3 is 12.1 Å². The molecule has 0 spiro atoms. The number of benzodiazepines with no additional fused rings is 1. The summed E-state index contributed by atoms with van der Waals surface area (Å²) in [5.41, 5.74) is 11.8. The molecular formula is C32H37F4N5O5. The highest BCUT2D eigenvalue weighted by Crippen LogP contribution is 2.39. The number of hydrogen-bond donors (Lipinski definition) is 3. The SMILES string of the molecule is CC(C)[C@H](N)C(=O)OCN1C(=O)[C@@H](NC(=O)[C@H](CCC(F)(F)F)[C@H](CC2CC2)C(N)=O)N=C(c2ccccc2)c2cccc(F)c21. The highest BCUT2D eigenvalue weighted by molar-refractivity contribution is 6.20. The second kappa shape index (κ2) is 14.4. The predicted molar refractivity (Wildman–Crippen MR) is 160 cm³/mol. The molecule has 4 rings (SSSR count). The largest absolute Gasteiger partial charge is 0.443 e. The van der Waals surface area contributed by atoms with Gasteiger partial charge in [0.15, 0.2) is 6.73 Å². The zero-order valence-electron chi connectivity index (χ0n) is 25.4. The maximum absolute atomic E-state index is 15.6. The van der Waals surface area contributed by atoms with Crippen molar-refractivity contribution in [2.75, 3.05) is 11.6 Å².